The van der Waals surface area contributed by atoms with E-state index in [9.17, 15) is 4.79 Å². The highest BCUT2D eigenvalue weighted by molar-refractivity contribution is 5.68. The number of benzene rings is 1. The van der Waals surface area contributed by atoms with E-state index in [1.807, 2.05) is 26.8 Å². The summed E-state index contributed by atoms with van der Waals surface area (Å²) in [5, 5.41) is 18.0. The molecule has 1 aromatic carbocycles. The van der Waals surface area contributed by atoms with E-state index in [0.717, 1.165) is 18.5 Å². The van der Waals surface area contributed by atoms with Gasteiger partial charge in [-0.1, -0.05) is 17.9 Å². The standard InChI is InChI=1S/C23H26N6O2/c1-23(2,3)31-22(30)28-19-10-15(11-19)8-9-17-14-26-21(29-20(17)25-4)27-18-7-5-6-16(12-18)13-24/h5-7,12,14-15,19H,10-11H2,1-4H3,(H,28,30)(H2,25,26,27,29). The quantitative estimate of drug-likeness (QED) is 0.648. The molecule has 160 valence electrons. The van der Waals surface area contributed by atoms with Gasteiger partial charge in [-0.3, -0.25) is 0 Å². The Hall–Kier alpha value is -3.78. The molecule has 1 aromatic heterocycles. The molecule has 0 spiro atoms. The van der Waals surface area contributed by atoms with Gasteiger partial charge in [0.25, 0.3) is 0 Å². The van der Waals surface area contributed by atoms with Gasteiger partial charge in [0.05, 0.1) is 23.4 Å². The molecule has 0 radical (unpaired) electrons. The lowest BCUT2D eigenvalue weighted by Gasteiger charge is -2.33. The first kappa shape index (κ1) is 21.9. The van der Waals surface area contributed by atoms with Crippen molar-refractivity contribution in [2.45, 2.75) is 45.3 Å². The summed E-state index contributed by atoms with van der Waals surface area (Å²) in [5.41, 5.74) is 1.48. The van der Waals surface area contributed by atoms with E-state index in [2.05, 4.69) is 43.8 Å². The van der Waals surface area contributed by atoms with Crippen LogP contribution in [-0.2, 0) is 4.74 Å². The molecule has 2 aromatic rings. The lowest BCUT2D eigenvalue weighted by molar-refractivity contribution is 0.0467. The zero-order chi connectivity index (χ0) is 22.4. The summed E-state index contributed by atoms with van der Waals surface area (Å²) in [6, 6.07) is 9.29. The summed E-state index contributed by atoms with van der Waals surface area (Å²) in [5.74, 6) is 7.59. The van der Waals surface area contributed by atoms with Crippen LogP contribution in [0.1, 0.15) is 44.7 Å². The van der Waals surface area contributed by atoms with Gasteiger partial charge in [0.15, 0.2) is 0 Å². The zero-order valence-corrected chi connectivity index (χ0v) is 18.1. The van der Waals surface area contributed by atoms with Gasteiger partial charge in [0, 0.05) is 24.7 Å². The second-order valence-corrected chi connectivity index (χ2v) is 8.30. The van der Waals surface area contributed by atoms with Crippen LogP contribution < -0.4 is 16.0 Å². The maximum Gasteiger partial charge on any atom is 0.407 e. The van der Waals surface area contributed by atoms with Crippen molar-refractivity contribution >= 4 is 23.5 Å². The molecule has 0 aliphatic heterocycles. The number of hydrogen-bond donors (Lipinski definition) is 3. The summed E-state index contributed by atoms with van der Waals surface area (Å²) in [6.07, 6.45) is 2.85. The van der Waals surface area contributed by atoms with Crippen LogP contribution in [0.15, 0.2) is 30.5 Å². The Morgan fingerprint density at radius 1 is 1.29 bits per heavy atom. The van der Waals surface area contributed by atoms with Crippen LogP contribution in [-0.4, -0.2) is 34.8 Å². The number of nitrogens with one attached hydrogen (secondary N) is 3. The van der Waals surface area contributed by atoms with Gasteiger partial charge in [-0.2, -0.15) is 10.2 Å². The van der Waals surface area contributed by atoms with Crippen molar-refractivity contribution in [3.8, 4) is 17.9 Å². The number of carbonyl (C=O) groups is 1. The van der Waals surface area contributed by atoms with Gasteiger partial charge in [0.1, 0.15) is 11.4 Å². The van der Waals surface area contributed by atoms with Crippen molar-refractivity contribution in [1.29, 1.82) is 5.26 Å². The summed E-state index contributed by atoms with van der Waals surface area (Å²) in [7, 11) is 1.78. The van der Waals surface area contributed by atoms with Crippen molar-refractivity contribution in [1.82, 2.24) is 15.3 Å². The minimum atomic E-state index is -0.504. The molecular weight excluding hydrogens is 392 g/mol. The number of nitrogens with zero attached hydrogens (tertiary/aromatic N) is 3. The summed E-state index contributed by atoms with van der Waals surface area (Å²) < 4.78 is 5.27. The molecule has 1 heterocycles. The highest BCUT2D eigenvalue weighted by atomic mass is 16.6. The third-order valence-electron chi connectivity index (χ3n) is 4.54. The molecular formula is C23H26N6O2. The monoisotopic (exact) mass is 418 g/mol. The first-order valence-corrected chi connectivity index (χ1v) is 10.1. The third kappa shape index (κ3) is 6.35. The molecule has 3 N–H and O–H groups in total. The van der Waals surface area contributed by atoms with E-state index >= 15 is 0 Å². The number of ether oxygens (including phenoxy) is 1. The Bertz CT molecular complexity index is 1050. The van der Waals surface area contributed by atoms with E-state index < -0.39 is 11.7 Å². The second-order valence-electron chi connectivity index (χ2n) is 8.30. The predicted molar refractivity (Wildman–Crippen MR) is 119 cm³/mol. The van der Waals surface area contributed by atoms with Gasteiger partial charge in [-0.25, -0.2) is 9.78 Å². The fraction of sp³-hybridized carbons (Fsp3) is 0.391. The molecule has 1 saturated carbocycles. The molecule has 1 aliphatic rings. The number of aromatic nitrogens is 2. The maximum absolute atomic E-state index is 11.8. The molecule has 0 atom stereocenters. The van der Waals surface area contributed by atoms with Crippen molar-refractivity contribution in [2.24, 2.45) is 5.92 Å². The van der Waals surface area contributed by atoms with Crippen LogP contribution in [0.2, 0.25) is 0 Å². The molecule has 3 rings (SSSR count). The molecule has 8 heteroatoms. The predicted octanol–water partition coefficient (Wildman–Crippen LogP) is 3.79. The lowest BCUT2D eigenvalue weighted by Crippen LogP contribution is -2.45. The SMILES string of the molecule is CNc1nc(Nc2cccc(C#N)c2)ncc1C#CC1CC(NC(=O)OC(C)(C)C)C1. The molecule has 1 aliphatic carbocycles. The normalized spacial score (nSPS) is 17.3. The Morgan fingerprint density at radius 2 is 2.06 bits per heavy atom. The average molecular weight is 419 g/mol. The lowest BCUT2D eigenvalue weighted by atomic mass is 9.81. The number of anilines is 3. The van der Waals surface area contributed by atoms with E-state index in [0.29, 0.717) is 22.9 Å². The van der Waals surface area contributed by atoms with Crippen LogP contribution in [0.25, 0.3) is 0 Å². The number of amides is 1. The minimum absolute atomic E-state index is 0.0879. The summed E-state index contributed by atoms with van der Waals surface area (Å²) >= 11 is 0. The number of rotatable bonds is 4. The Balaban J connectivity index is 1.58. The fourth-order valence-electron chi connectivity index (χ4n) is 3.03. The van der Waals surface area contributed by atoms with Gasteiger partial charge < -0.3 is 20.7 Å². The smallest absolute Gasteiger partial charge is 0.407 e. The Morgan fingerprint density at radius 3 is 2.74 bits per heavy atom. The molecule has 1 fully saturated rings. The van der Waals surface area contributed by atoms with Crippen molar-refractivity contribution in [2.75, 3.05) is 17.7 Å². The minimum Gasteiger partial charge on any atom is -0.444 e. The number of nitriles is 1. The first-order chi connectivity index (χ1) is 14.8. The summed E-state index contributed by atoms with van der Waals surface area (Å²) in [4.78, 5) is 20.6. The topological polar surface area (TPSA) is 112 Å². The Kier molecular flexibility index (Phi) is 6.61. The first-order valence-electron chi connectivity index (χ1n) is 10.1. The van der Waals surface area contributed by atoms with Crippen LogP contribution >= 0.6 is 0 Å². The van der Waals surface area contributed by atoms with Gasteiger partial charge in [-0.05, 0) is 51.8 Å². The van der Waals surface area contributed by atoms with Crippen LogP contribution in [0.3, 0.4) is 0 Å². The molecule has 1 amide bonds. The highest BCUT2D eigenvalue weighted by Crippen LogP contribution is 2.27. The van der Waals surface area contributed by atoms with E-state index in [-0.39, 0.29) is 12.0 Å². The third-order valence-corrected chi connectivity index (χ3v) is 4.54. The van der Waals surface area contributed by atoms with Crippen LogP contribution in [0, 0.1) is 29.1 Å². The van der Waals surface area contributed by atoms with Gasteiger partial charge in [0.2, 0.25) is 5.95 Å². The molecule has 0 bridgehead atoms. The van der Waals surface area contributed by atoms with Crippen LogP contribution in [0.5, 0.6) is 0 Å². The second kappa shape index (κ2) is 9.36. The van der Waals surface area contributed by atoms with Crippen molar-refractivity contribution in [3.05, 3.63) is 41.6 Å². The number of hydrogen-bond acceptors (Lipinski definition) is 7. The van der Waals surface area contributed by atoms with Crippen molar-refractivity contribution in [3.63, 3.8) is 0 Å². The Labute approximate surface area is 182 Å². The number of carbonyl (C=O) groups excluding carboxylic acids is 1. The average Bonchev–Trinajstić information content (AvgIpc) is 2.69. The van der Waals surface area contributed by atoms with Gasteiger partial charge in [-0.15, -0.1) is 0 Å². The van der Waals surface area contributed by atoms with E-state index in [1.165, 1.54) is 0 Å². The molecule has 8 nitrogen and oxygen atoms in total. The largest absolute Gasteiger partial charge is 0.444 e. The maximum atomic E-state index is 11.8. The molecule has 31 heavy (non-hydrogen) atoms. The molecule has 0 unspecified atom stereocenters. The molecule has 0 saturated heterocycles. The van der Waals surface area contributed by atoms with E-state index in [4.69, 9.17) is 10.00 Å². The fourth-order valence-corrected chi connectivity index (χ4v) is 3.03. The van der Waals surface area contributed by atoms with Crippen LogP contribution in [0.4, 0.5) is 22.2 Å². The summed E-state index contributed by atoms with van der Waals surface area (Å²) in [6.45, 7) is 5.52. The zero-order valence-electron chi connectivity index (χ0n) is 18.1. The van der Waals surface area contributed by atoms with Gasteiger partial charge >= 0.3 is 6.09 Å². The van der Waals surface area contributed by atoms with Crippen molar-refractivity contribution < 1.29 is 9.53 Å². The van der Waals surface area contributed by atoms with E-state index in [1.54, 1.807) is 31.4 Å². The highest BCUT2D eigenvalue weighted by Gasteiger charge is 2.30. The number of alkyl carbamates (subject to hydrolysis) is 1.